The summed E-state index contributed by atoms with van der Waals surface area (Å²) in [4.78, 5) is 10.5. The maximum Gasteiger partial charge on any atom is 0.303 e. The van der Waals surface area contributed by atoms with Gasteiger partial charge in [0.2, 0.25) is 0 Å². The molecule has 0 fully saturated rings. The van der Waals surface area contributed by atoms with Crippen LogP contribution in [0.2, 0.25) is 5.02 Å². The molecule has 0 aromatic heterocycles. The third kappa shape index (κ3) is 3.93. The van der Waals surface area contributed by atoms with Gasteiger partial charge in [-0.3, -0.25) is 4.79 Å². The van der Waals surface area contributed by atoms with Gasteiger partial charge in [-0.1, -0.05) is 18.5 Å². The lowest BCUT2D eigenvalue weighted by atomic mass is 9.99. The number of benzene rings is 1. The van der Waals surface area contributed by atoms with E-state index in [-0.39, 0.29) is 6.42 Å². The van der Waals surface area contributed by atoms with Gasteiger partial charge in [0.25, 0.3) is 0 Å². The van der Waals surface area contributed by atoms with E-state index >= 15 is 0 Å². The molecule has 1 aromatic carbocycles. The van der Waals surface area contributed by atoms with Gasteiger partial charge in [-0.15, -0.1) is 0 Å². The van der Waals surface area contributed by atoms with Crippen molar-refractivity contribution in [1.29, 1.82) is 0 Å². The normalized spacial score (nSPS) is 10.3. The van der Waals surface area contributed by atoms with E-state index in [1.807, 2.05) is 13.0 Å². The van der Waals surface area contributed by atoms with E-state index in [2.05, 4.69) is 0 Å². The first-order chi connectivity index (χ1) is 8.08. The third-order valence-corrected chi connectivity index (χ3v) is 2.89. The lowest BCUT2D eigenvalue weighted by Crippen LogP contribution is -2.00. The molecular formula is C13H17ClO3. The molecule has 0 amide bonds. The van der Waals surface area contributed by atoms with E-state index < -0.39 is 5.97 Å². The average molecular weight is 257 g/mol. The average Bonchev–Trinajstić information content (AvgIpc) is 2.27. The van der Waals surface area contributed by atoms with Crippen molar-refractivity contribution in [2.75, 3.05) is 7.11 Å². The highest BCUT2D eigenvalue weighted by Crippen LogP contribution is 2.28. The Labute approximate surface area is 106 Å². The second-order valence-corrected chi connectivity index (χ2v) is 4.28. The number of carbonyl (C=O) groups is 1. The number of rotatable bonds is 6. The lowest BCUT2D eigenvalue weighted by molar-refractivity contribution is -0.137. The van der Waals surface area contributed by atoms with Gasteiger partial charge in [0.05, 0.1) is 7.11 Å². The molecule has 0 saturated carbocycles. The fourth-order valence-electron chi connectivity index (χ4n) is 1.90. The zero-order chi connectivity index (χ0) is 12.8. The van der Waals surface area contributed by atoms with Crippen molar-refractivity contribution < 1.29 is 14.6 Å². The number of hydrogen-bond acceptors (Lipinski definition) is 2. The minimum Gasteiger partial charge on any atom is -0.496 e. The molecule has 0 bridgehead atoms. The summed E-state index contributed by atoms with van der Waals surface area (Å²) in [5.41, 5.74) is 2.19. The van der Waals surface area contributed by atoms with Crippen molar-refractivity contribution in [3.8, 4) is 5.75 Å². The Morgan fingerprint density at radius 1 is 1.47 bits per heavy atom. The smallest absolute Gasteiger partial charge is 0.303 e. The van der Waals surface area contributed by atoms with Crippen molar-refractivity contribution >= 4 is 17.6 Å². The summed E-state index contributed by atoms with van der Waals surface area (Å²) in [5, 5.41) is 9.25. The van der Waals surface area contributed by atoms with Gasteiger partial charge in [-0.05, 0) is 42.5 Å². The van der Waals surface area contributed by atoms with E-state index in [4.69, 9.17) is 21.4 Å². The molecule has 0 spiro atoms. The minimum absolute atomic E-state index is 0.179. The van der Waals surface area contributed by atoms with Crippen LogP contribution in [0, 0.1) is 0 Å². The van der Waals surface area contributed by atoms with E-state index in [0.717, 1.165) is 23.3 Å². The molecule has 94 valence electrons. The molecule has 3 nitrogen and oxygen atoms in total. The van der Waals surface area contributed by atoms with Crippen molar-refractivity contribution in [3.05, 3.63) is 28.3 Å². The predicted molar refractivity (Wildman–Crippen MR) is 68.0 cm³/mol. The van der Waals surface area contributed by atoms with E-state index in [1.165, 1.54) is 0 Å². The van der Waals surface area contributed by atoms with Crippen molar-refractivity contribution in [1.82, 2.24) is 0 Å². The molecule has 0 aliphatic rings. The van der Waals surface area contributed by atoms with Gasteiger partial charge in [-0.25, -0.2) is 0 Å². The first-order valence-electron chi connectivity index (χ1n) is 5.65. The summed E-state index contributed by atoms with van der Waals surface area (Å²) in [6, 6.07) is 3.69. The van der Waals surface area contributed by atoms with Crippen LogP contribution >= 0.6 is 11.6 Å². The number of aliphatic carboxylic acids is 1. The highest BCUT2D eigenvalue weighted by atomic mass is 35.5. The van der Waals surface area contributed by atoms with E-state index in [0.29, 0.717) is 17.9 Å². The fraction of sp³-hybridized carbons (Fsp3) is 0.462. The maximum atomic E-state index is 10.5. The Morgan fingerprint density at radius 3 is 2.71 bits per heavy atom. The first kappa shape index (κ1) is 13.8. The van der Waals surface area contributed by atoms with Crippen LogP contribution < -0.4 is 4.74 Å². The van der Waals surface area contributed by atoms with E-state index in [1.54, 1.807) is 13.2 Å². The summed E-state index contributed by atoms with van der Waals surface area (Å²) in [7, 11) is 1.62. The molecule has 0 unspecified atom stereocenters. The number of ether oxygens (including phenoxy) is 1. The molecule has 0 aliphatic carbocycles. The van der Waals surface area contributed by atoms with Crippen LogP contribution in [0.1, 0.15) is 30.9 Å². The molecular weight excluding hydrogens is 240 g/mol. The number of hydrogen-bond donors (Lipinski definition) is 1. The molecule has 1 aromatic rings. The number of carboxylic acids is 1. The molecule has 0 atom stereocenters. The van der Waals surface area contributed by atoms with Gasteiger partial charge < -0.3 is 9.84 Å². The second kappa shape index (κ2) is 6.50. The van der Waals surface area contributed by atoms with Crippen LogP contribution in [0.15, 0.2) is 12.1 Å². The highest BCUT2D eigenvalue weighted by molar-refractivity contribution is 6.30. The Kier molecular flexibility index (Phi) is 5.29. The molecule has 0 heterocycles. The maximum absolute atomic E-state index is 10.5. The number of aryl methyl sites for hydroxylation is 1. The summed E-state index contributed by atoms with van der Waals surface area (Å²) in [5.74, 6) is 0.0161. The SMILES string of the molecule is CCc1c(CCCC(=O)O)cc(Cl)cc1OC. The van der Waals surface area contributed by atoms with Crippen molar-refractivity contribution in [2.45, 2.75) is 32.6 Å². The van der Waals surface area contributed by atoms with Crippen molar-refractivity contribution in [3.63, 3.8) is 0 Å². The Morgan fingerprint density at radius 2 is 2.18 bits per heavy atom. The minimum atomic E-state index is -0.767. The molecule has 4 heteroatoms. The zero-order valence-electron chi connectivity index (χ0n) is 10.1. The second-order valence-electron chi connectivity index (χ2n) is 3.85. The molecule has 17 heavy (non-hydrogen) atoms. The summed E-state index contributed by atoms with van der Waals surface area (Å²) < 4.78 is 5.28. The van der Waals surface area contributed by atoms with Crippen LogP contribution in [0.3, 0.4) is 0 Å². The zero-order valence-corrected chi connectivity index (χ0v) is 10.9. The molecule has 1 N–H and O–H groups in total. The van der Waals surface area contributed by atoms with E-state index in [9.17, 15) is 4.79 Å². The number of methoxy groups -OCH3 is 1. The number of halogens is 1. The molecule has 0 radical (unpaired) electrons. The Balaban J connectivity index is 2.88. The summed E-state index contributed by atoms with van der Waals surface area (Å²) >= 11 is 6.00. The van der Waals surface area contributed by atoms with Crippen LogP contribution in [-0.2, 0) is 17.6 Å². The largest absolute Gasteiger partial charge is 0.496 e. The lowest BCUT2D eigenvalue weighted by Gasteiger charge is -2.13. The summed E-state index contributed by atoms with van der Waals surface area (Å²) in [6.45, 7) is 2.05. The van der Waals surface area contributed by atoms with Gasteiger partial charge in [0.1, 0.15) is 5.75 Å². The monoisotopic (exact) mass is 256 g/mol. The highest BCUT2D eigenvalue weighted by Gasteiger charge is 2.10. The van der Waals surface area contributed by atoms with Gasteiger partial charge in [0.15, 0.2) is 0 Å². The molecule has 0 aliphatic heterocycles. The molecule has 1 rings (SSSR count). The van der Waals surface area contributed by atoms with Gasteiger partial charge in [0, 0.05) is 11.4 Å². The first-order valence-corrected chi connectivity index (χ1v) is 6.03. The van der Waals surface area contributed by atoms with Crippen LogP contribution in [0.4, 0.5) is 0 Å². The Bertz CT molecular complexity index is 402. The topological polar surface area (TPSA) is 46.5 Å². The quantitative estimate of drug-likeness (QED) is 0.849. The van der Waals surface area contributed by atoms with Crippen molar-refractivity contribution in [2.24, 2.45) is 0 Å². The van der Waals surface area contributed by atoms with Crippen LogP contribution in [0.25, 0.3) is 0 Å². The summed E-state index contributed by atoms with van der Waals surface area (Å²) in [6.07, 6.45) is 2.36. The Hall–Kier alpha value is -1.22. The van der Waals surface area contributed by atoms with Crippen LogP contribution in [0.5, 0.6) is 5.75 Å². The third-order valence-electron chi connectivity index (χ3n) is 2.68. The predicted octanol–water partition coefficient (Wildman–Crippen LogP) is 3.32. The fourth-order valence-corrected chi connectivity index (χ4v) is 2.13. The van der Waals surface area contributed by atoms with Gasteiger partial charge >= 0.3 is 5.97 Å². The molecule has 0 saturated heterocycles. The standard InChI is InChI=1S/C13H17ClO3/c1-3-11-9(5-4-6-13(15)16)7-10(14)8-12(11)17-2/h7-8H,3-6H2,1-2H3,(H,15,16). The van der Waals surface area contributed by atoms with Gasteiger partial charge in [-0.2, -0.15) is 0 Å². The van der Waals surface area contributed by atoms with Crippen LogP contribution in [-0.4, -0.2) is 18.2 Å². The number of carboxylic acid groups (broad SMARTS) is 1.